The molecule has 0 radical (unpaired) electrons. The summed E-state index contributed by atoms with van der Waals surface area (Å²) in [7, 11) is 0. The molecule has 10 nitrogen and oxygen atoms in total. The number of hydrogen-bond acceptors (Lipinski definition) is 8. The number of imide groups is 1. The van der Waals surface area contributed by atoms with E-state index in [1.807, 2.05) is 18.7 Å². The van der Waals surface area contributed by atoms with Crippen molar-refractivity contribution in [3.63, 3.8) is 0 Å². The third-order valence-electron chi connectivity index (χ3n) is 11.6. The fraction of sp³-hybridized carbons (Fsp3) is 0.381. The highest BCUT2D eigenvalue weighted by atomic mass is 19.1. The van der Waals surface area contributed by atoms with E-state index in [0.717, 1.165) is 81.7 Å². The molecule has 0 bridgehead atoms. The Morgan fingerprint density at radius 3 is 2.26 bits per heavy atom. The number of benzene rings is 3. The van der Waals surface area contributed by atoms with Crippen LogP contribution < -0.4 is 9.80 Å². The fourth-order valence-corrected chi connectivity index (χ4v) is 8.37. The quantitative estimate of drug-likeness (QED) is 0.104. The van der Waals surface area contributed by atoms with Gasteiger partial charge in [-0.25, -0.2) is 11.0 Å². The molecule has 2 amide bonds. The number of ketones is 2. The summed E-state index contributed by atoms with van der Waals surface area (Å²) >= 11 is 0. The highest BCUT2D eigenvalue weighted by Gasteiger charge is 2.52. The van der Waals surface area contributed by atoms with Crippen molar-refractivity contribution >= 4 is 40.4 Å². The molecule has 4 aromatic rings. The number of piperidine rings is 1. The molecular weight excluding hydrogens is 673 g/mol. The van der Waals surface area contributed by atoms with Crippen LogP contribution >= 0.6 is 0 Å². The van der Waals surface area contributed by atoms with E-state index in [4.69, 9.17) is 11.1 Å². The third kappa shape index (κ3) is 6.00. The Kier molecular flexibility index (Phi) is 8.51. The molecule has 3 fully saturated rings. The maximum atomic E-state index is 15.7. The molecule has 4 aliphatic rings. The summed E-state index contributed by atoms with van der Waals surface area (Å²) < 4.78 is 21.2. The minimum Gasteiger partial charge on any atom is -0.369 e. The first-order valence-electron chi connectivity index (χ1n) is 18.3. The summed E-state index contributed by atoms with van der Waals surface area (Å²) in [5, 5.41) is 4.18. The van der Waals surface area contributed by atoms with Crippen molar-refractivity contribution < 1.29 is 28.1 Å². The number of nitrogens with zero attached hydrogens (tertiary/aromatic N) is 5. The van der Waals surface area contributed by atoms with Crippen molar-refractivity contribution in [3.05, 3.63) is 106 Å². The van der Waals surface area contributed by atoms with Gasteiger partial charge in [0.25, 0.3) is 17.4 Å². The highest BCUT2D eigenvalue weighted by molar-refractivity contribution is 6.24. The van der Waals surface area contributed by atoms with Gasteiger partial charge in [-0.2, -0.15) is 0 Å². The van der Waals surface area contributed by atoms with E-state index < -0.39 is 35.0 Å². The van der Waals surface area contributed by atoms with Gasteiger partial charge in [-0.1, -0.05) is 17.3 Å². The molecule has 0 N–H and O–H groups in total. The lowest BCUT2D eigenvalue weighted by atomic mass is 9.92. The van der Waals surface area contributed by atoms with Crippen molar-refractivity contribution in [3.8, 4) is 11.1 Å². The molecule has 0 spiro atoms. The number of hydrogen-bond donors (Lipinski definition) is 0. The van der Waals surface area contributed by atoms with Gasteiger partial charge in [0, 0.05) is 61.4 Å². The standard InChI is InChI=1S/C42H40FN5O5/c1-24-5-6-28(39-25(2)45-53-26(39)3)19-36(24)47(30-9-7-29(8-10-30)42(44-4)15-16-42)23-27-13-17-46(18-14-27)37-22-33-32(21-34(37)43)40(51)48(41(33)52)35-12-11-31(49)20-38(35)50/h5-10,19,21-22,27,35H,11-18,20,23H2,1-3H3. The van der Waals surface area contributed by atoms with Crippen molar-refractivity contribution in [2.75, 3.05) is 29.4 Å². The first-order chi connectivity index (χ1) is 25.5. The SMILES string of the molecule is [C-]#[N+]C1(c2ccc(N(CC3CCN(c4cc5c(cc4F)C(=O)N(C4CCC(=O)CC4=O)C5=O)CC3)c3cc(-c4c(C)noc4C)ccc3C)cc2)CC1. The second kappa shape index (κ2) is 13.1. The molecule has 270 valence electrons. The smallest absolute Gasteiger partial charge is 0.262 e. The van der Waals surface area contributed by atoms with Gasteiger partial charge in [0.2, 0.25) is 0 Å². The van der Waals surface area contributed by atoms with E-state index in [9.17, 15) is 19.2 Å². The Bertz CT molecular complexity index is 2210. The molecule has 8 rings (SSSR count). The van der Waals surface area contributed by atoms with Crippen LogP contribution in [0.25, 0.3) is 16.0 Å². The zero-order valence-electron chi connectivity index (χ0n) is 30.1. The van der Waals surface area contributed by atoms with Gasteiger partial charge >= 0.3 is 0 Å². The minimum atomic E-state index is -1.00. The van der Waals surface area contributed by atoms with Gasteiger partial charge in [0.15, 0.2) is 5.78 Å². The number of carbonyl (C=O) groups is 4. The average molecular weight is 714 g/mol. The van der Waals surface area contributed by atoms with Crippen molar-refractivity contribution in [1.29, 1.82) is 0 Å². The zero-order chi connectivity index (χ0) is 37.2. The summed E-state index contributed by atoms with van der Waals surface area (Å²) in [6.45, 7) is 15.5. The molecule has 1 unspecified atom stereocenters. The van der Waals surface area contributed by atoms with Gasteiger partial charge in [-0.3, -0.25) is 24.1 Å². The van der Waals surface area contributed by atoms with E-state index in [2.05, 4.69) is 64.3 Å². The Morgan fingerprint density at radius 2 is 1.64 bits per heavy atom. The van der Waals surface area contributed by atoms with Gasteiger partial charge in [-0.15, -0.1) is 0 Å². The van der Waals surface area contributed by atoms with Crippen LogP contribution in [0.3, 0.4) is 0 Å². The van der Waals surface area contributed by atoms with E-state index in [1.54, 1.807) is 0 Å². The van der Waals surface area contributed by atoms with Crippen LogP contribution in [0.1, 0.15) is 88.2 Å². The van der Waals surface area contributed by atoms with Crippen molar-refractivity contribution in [2.45, 2.75) is 77.3 Å². The molecule has 2 aliphatic heterocycles. The van der Waals surface area contributed by atoms with E-state index in [0.29, 0.717) is 19.6 Å². The summed E-state index contributed by atoms with van der Waals surface area (Å²) in [6, 6.07) is 16.3. The highest BCUT2D eigenvalue weighted by Crippen LogP contribution is 2.50. The number of amides is 2. The predicted octanol–water partition coefficient (Wildman–Crippen LogP) is 7.66. The summed E-state index contributed by atoms with van der Waals surface area (Å²) in [5.41, 5.74) is 6.96. The number of carbonyl (C=O) groups excluding carboxylic acids is 4. The third-order valence-corrected chi connectivity index (χ3v) is 11.6. The first kappa shape index (κ1) is 34.5. The number of fused-ring (bicyclic) bond motifs is 1. The number of anilines is 3. The molecule has 2 saturated carbocycles. The molecule has 2 aliphatic carbocycles. The Balaban J connectivity index is 1.04. The molecule has 11 heteroatoms. The monoisotopic (exact) mass is 713 g/mol. The maximum Gasteiger partial charge on any atom is 0.262 e. The summed E-state index contributed by atoms with van der Waals surface area (Å²) in [4.78, 5) is 60.2. The lowest BCUT2D eigenvalue weighted by Crippen LogP contribution is -2.47. The summed E-state index contributed by atoms with van der Waals surface area (Å²) in [5.74, 6) is -1.54. The van der Waals surface area contributed by atoms with Crippen LogP contribution in [0.5, 0.6) is 0 Å². The molecule has 3 aromatic carbocycles. The van der Waals surface area contributed by atoms with Crippen molar-refractivity contribution in [1.82, 2.24) is 10.1 Å². The Morgan fingerprint density at radius 1 is 0.943 bits per heavy atom. The number of rotatable bonds is 8. The molecule has 53 heavy (non-hydrogen) atoms. The molecule has 1 atom stereocenters. The van der Waals surface area contributed by atoms with Crippen LogP contribution in [-0.2, 0) is 15.1 Å². The number of Topliss-reactive ketones (excluding diaryl/α,β-unsaturated/α-hetero) is 2. The van der Waals surface area contributed by atoms with Crippen LogP contribution in [0.2, 0.25) is 0 Å². The normalized spacial score (nSPS) is 19.8. The van der Waals surface area contributed by atoms with Crippen LogP contribution in [-0.4, -0.2) is 59.1 Å². The number of halogens is 1. The van der Waals surface area contributed by atoms with Crippen molar-refractivity contribution in [2.24, 2.45) is 5.92 Å². The largest absolute Gasteiger partial charge is 0.369 e. The topological polar surface area (TPSA) is 108 Å². The summed E-state index contributed by atoms with van der Waals surface area (Å²) in [6.07, 6.45) is 3.20. The molecule has 3 heterocycles. The Hall–Kier alpha value is -5.63. The van der Waals surface area contributed by atoms with Gasteiger partial charge < -0.3 is 19.2 Å². The Labute approximate surface area is 307 Å². The minimum absolute atomic E-state index is 0.0457. The van der Waals surface area contributed by atoms with Crippen LogP contribution in [0, 0.1) is 39.1 Å². The zero-order valence-corrected chi connectivity index (χ0v) is 30.1. The van der Waals surface area contributed by atoms with Gasteiger partial charge in [0.1, 0.15) is 17.4 Å². The second-order valence-electron chi connectivity index (χ2n) is 15.0. The maximum absolute atomic E-state index is 15.7. The molecular formula is C42H40FN5O5. The number of aryl methyl sites for hydroxylation is 3. The lowest BCUT2D eigenvalue weighted by molar-refractivity contribution is -0.132. The van der Waals surface area contributed by atoms with E-state index in [1.165, 1.54) is 6.07 Å². The van der Waals surface area contributed by atoms with Gasteiger partial charge in [-0.05, 0) is 99.5 Å². The van der Waals surface area contributed by atoms with Crippen LogP contribution in [0.15, 0.2) is 59.1 Å². The average Bonchev–Trinajstić information content (AvgIpc) is 3.83. The van der Waals surface area contributed by atoms with E-state index in [-0.39, 0.29) is 47.8 Å². The predicted molar refractivity (Wildman–Crippen MR) is 197 cm³/mol. The molecule has 1 saturated heterocycles. The first-order valence-corrected chi connectivity index (χ1v) is 18.3. The lowest BCUT2D eigenvalue weighted by Gasteiger charge is -2.37. The molecule has 1 aromatic heterocycles. The number of aromatic nitrogens is 1. The van der Waals surface area contributed by atoms with Gasteiger partial charge in [0.05, 0.1) is 35.0 Å². The van der Waals surface area contributed by atoms with Crippen LogP contribution in [0.4, 0.5) is 21.5 Å². The fourth-order valence-electron chi connectivity index (χ4n) is 8.37. The van der Waals surface area contributed by atoms with E-state index >= 15 is 4.39 Å². The second-order valence-corrected chi connectivity index (χ2v) is 15.0.